The van der Waals surface area contributed by atoms with Crippen molar-refractivity contribution in [1.29, 1.82) is 5.26 Å². The molecule has 0 amide bonds. The molecule has 0 fully saturated rings. The molecule has 0 aliphatic heterocycles. The van der Waals surface area contributed by atoms with Crippen LogP contribution in [0.3, 0.4) is 0 Å². The first-order chi connectivity index (χ1) is 13.7. The van der Waals surface area contributed by atoms with E-state index in [0.29, 0.717) is 30.7 Å². The van der Waals surface area contributed by atoms with Gasteiger partial charge in [0.05, 0.1) is 18.5 Å². The fraction of sp³-hybridized carbons (Fsp3) is 0.263. The van der Waals surface area contributed by atoms with Gasteiger partial charge >= 0.3 is 0 Å². The maximum Gasteiger partial charge on any atom is 0.247 e. The number of rotatable bonds is 5. The van der Waals surface area contributed by atoms with Crippen LogP contribution in [0, 0.1) is 17.2 Å². The molecule has 0 saturated carbocycles. The molecule has 1 atom stereocenters. The van der Waals surface area contributed by atoms with Gasteiger partial charge in [-0.1, -0.05) is 18.2 Å². The van der Waals surface area contributed by atoms with Crippen LogP contribution in [0.25, 0.3) is 17.0 Å². The largest absolute Gasteiger partial charge is 0.419 e. The third-order valence-corrected chi connectivity index (χ3v) is 4.45. The van der Waals surface area contributed by atoms with Crippen LogP contribution in [0.2, 0.25) is 0 Å². The van der Waals surface area contributed by atoms with Gasteiger partial charge in [-0.25, -0.2) is 0 Å². The minimum Gasteiger partial charge on any atom is -0.419 e. The molecule has 3 aromatic heterocycles. The van der Waals surface area contributed by atoms with E-state index in [0.717, 1.165) is 17.0 Å². The molecule has 1 aliphatic rings. The van der Waals surface area contributed by atoms with Gasteiger partial charge in [0.2, 0.25) is 17.7 Å². The Balaban J connectivity index is 1.51. The molecule has 9 heteroatoms. The maximum atomic E-state index is 9.10. The van der Waals surface area contributed by atoms with Crippen LogP contribution in [0.4, 0.5) is 5.95 Å². The molecule has 140 valence electrons. The number of nitrogens with zero attached hydrogens (tertiary/aromatic N) is 8. The summed E-state index contributed by atoms with van der Waals surface area (Å²) in [5.41, 5.74) is 1.71. The van der Waals surface area contributed by atoms with Crippen LogP contribution in [-0.4, -0.2) is 37.0 Å². The summed E-state index contributed by atoms with van der Waals surface area (Å²) in [7, 11) is 3.79. The second kappa shape index (κ2) is 7.44. The Morgan fingerprint density at radius 1 is 1.25 bits per heavy atom. The first-order valence-corrected chi connectivity index (χ1v) is 8.77. The van der Waals surface area contributed by atoms with Crippen molar-refractivity contribution in [2.75, 3.05) is 11.9 Å². The highest BCUT2D eigenvalue weighted by Crippen LogP contribution is 2.25. The standard InChI is InChI=1S/C19H18N8O/c1-26(19-25-23-17(27(19)2)14-6-8-21-9-7-14)12-16-22-24-18(28-16)15-5-3-4-13(10-15)11-20/h3,5-10,13H,4,12H2,1-2H3. The smallest absolute Gasteiger partial charge is 0.247 e. The van der Waals surface area contributed by atoms with Crippen LogP contribution in [0.15, 0.2) is 47.2 Å². The van der Waals surface area contributed by atoms with Crippen molar-refractivity contribution >= 4 is 11.5 Å². The highest BCUT2D eigenvalue weighted by Gasteiger charge is 2.18. The molecule has 0 bridgehead atoms. The van der Waals surface area contributed by atoms with E-state index in [2.05, 4.69) is 31.4 Å². The summed E-state index contributed by atoms with van der Waals surface area (Å²) in [6.45, 7) is 0.383. The Labute approximate surface area is 161 Å². The topological polar surface area (TPSA) is 110 Å². The summed E-state index contributed by atoms with van der Waals surface area (Å²) in [4.78, 5) is 5.91. The Kier molecular flexibility index (Phi) is 4.68. The molecular formula is C19H18N8O. The lowest BCUT2D eigenvalue weighted by Gasteiger charge is -2.15. The Bertz CT molecular complexity index is 1070. The Hall–Kier alpha value is -3.80. The molecule has 4 rings (SSSR count). The van der Waals surface area contributed by atoms with Gasteiger partial charge in [0.1, 0.15) is 0 Å². The zero-order valence-corrected chi connectivity index (χ0v) is 15.5. The molecule has 0 radical (unpaired) electrons. The molecule has 3 aromatic rings. The number of allylic oxidation sites excluding steroid dienone is 4. The predicted octanol–water partition coefficient (Wildman–Crippen LogP) is 2.38. The van der Waals surface area contributed by atoms with E-state index in [1.54, 1.807) is 12.4 Å². The van der Waals surface area contributed by atoms with Crippen molar-refractivity contribution in [3.63, 3.8) is 0 Å². The average molecular weight is 374 g/mol. The third kappa shape index (κ3) is 3.40. The molecule has 28 heavy (non-hydrogen) atoms. The summed E-state index contributed by atoms with van der Waals surface area (Å²) in [6, 6.07) is 6.01. The number of pyridine rings is 1. The molecule has 0 aromatic carbocycles. The Morgan fingerprint density at radius 2 is 2.07 bits per heavy atom. The fourth-order valence-corrected chi connectivity index (χ4v) is 3.03. The van der Waals surface area contributed by atoms with E-state index in [1.807, 2.05) is 53.9 Å². The monoisotopic (exact) mass is 374 g/mol. The molecular weight excluding hydrogens is 356 g/mol. The minimum atomic E-state index is -0.164. The van der Waals surface area contributed by atoms with Crippen molar-refractivity contribution in [3.05, 3.63) is 54.5 Å². The lowest BCUT2D eigenvalue weighted by Crippen LogP contribution is -2.20. The van der Waals surface area contributed by atoms with E-state index in [4.69, 9.17) is 9.68 Å². The summed E-state index contributed by atoms with van der Waals surface area (Å²) in [5.74, 6) is 2.13. The van der Waals surface area contributed by atoms with Crippen molar-refractivity contribution in [3.8, 4) is 17.5 Å². The summed E-state index contributed by atoms with van der Waals surface area (Å²) < 4.78 is 7.68. The van der Waals surface area contributed by atoms with E-state index >= 15 is 0 Å². The zero-order valence-electron chi connectivity index (χ0n) is 15.5. The first-order valence-electron chi connectivity index (χ1n) is 8.77. The second-order valence-electron chi connectivity index (χ2n) is 6.47. The second-order valence-corrected chi connectivity index (χ2v) is 6.47. The highest BCUT2D eigenvalue weighted by molar-refractivity contribution is 5.70. The molecule has 9 nitrogen and oxygen atoms in total. The quantitative estimate of drug-likeness (QED) is 0.669. The van der Waals surface area contributed by atoms with Crippen molar-refractivity contribution in [2.24, 2.45) is 13.0 Å². The molecule has 0 N–H and O–H groups in total. The number of aromatic nitrogens is 6. The van der Waals surface area contributed by atoms with E-state index in [-0.39, 0.29) is 5.92 Å². The normalized spacial score (nSPS) is 15.9. The van der Waals surface area contributed by atoms with Gasteiger partial charge in [-0.2, -0.15) is 5.26 Å². The molecule has 1 aliphatic carbocycles. The van der Waals surface area contributed by atoms with Crippen LogP contribution >= 0.6 is 0 Å². The maximum absolute atomic E-state index is 9.10. The van der Waals surface area contributed by atoms with E-state index < -0.39 is 0 Å². The number of hydrogen-bond acceptors (Lipinski definition) is 8. The number of nitriles is 1. The van der Waals surface area contributed by atoms with Crippen LogP contribution in [-0.2, 0) is 13.6 Å². The number of anilines is 1. The van der Waals surface area contributed by atoms with E-state index in [9.17, 15) is 0 Å². The fourth-order valence-electron chi connectivity index (χ4n) is 3.03. The predicted molar refractivity (Wildman–Crippen MR) is 101 cm³/mol. The first kappa shape index (κ1) is 17.6. The van der Waals surface area contributed by atoms with Crippen molar-refractivity contribution in [1.82, 2.24) is 29.9 Å². The molecule has 0 saturated heterocycles. The van der Waals surface area contributed by atoms with Crippen LogP contribution < -0.4 is 4.90 Å². The summed E-state index contributed by atoms with van der Waals surface area (Å²) in [5, 5.41) is 25.9. The molecule has 3 heterocycles. The third-order valence-electron chi connectivity index (χ3n) is 4.45. The van der Waals surface area contributed by atoms with E-state index in [1.165, 1.54) is 0 Å². The van der Waals surface area contributed by atoms with Crippen LogP contribution in [0.5, 0.6) is 0 Å². The molecule has 0 spiro atoms. The van der Waals surface area contributed by atoms with Gasteiger partial charge in [0.25, 0.3) is 0 Å². The lowest BCUT2D eigenvalue weighted by molar-refractivity contribution is 0.479. The van der Waals surface area contributed by atoms with Gasteiger partial charge in [0, 0.05) is 37.6 Å². The van der Waals surface area contributed by atoms with Crippen LogP contribution in [0.1, 0.15) is 18.2 Å². The van der Waals surface area contributed by atoms with Gasteiger partial charge < -0.3 is 9.32 Å². The van der Waals surface area contributed by atoms with Crippen molar-refractivity contribution in [2.45, 2.75) is 13.0 Å². The molecule has 1 unspecified atom stereocenters. The Morgan fingerprint density at radius 3 is 2.86 bits per heavy atom. The lowest BCUT2D eigenvalue weighted by atomic mass is 9.97. The van der Waals surface area contributed by atoms with Gasteiger partial charge in [-0.15, -0.1) is 20.4 Å². The number of hydrogen-bond donors (Lipinski definition) is 0. The summed E-state index contributed by atoms with van der Waals surface area (Å²) in [6.07, 6.45) is 9.84. The SMILES string of the molecule is CN(Cc1nnc(C2=CC(C#N)CC=C2)o1)c1nnc(-c2ccncc2)n1C. The van der Waals surface area contributed by atoms with Gasteiger partial charge in [-0.3, -0.25) is 9.55 Å². The van der Waals surface area contributed by atoms with Gasteiger partial charge in [0.15, 0.2) is 5.82 Å². The summed E-state index contributed by atoms with van der Waals surface area (Å²) >= 11 is 0. The highest BCUT2D eigenvalue weighted by atomic mass is 16.4. The minimum absolute atomic E-state index is 0.164. The zero-order chi connectivity index (χ0) is 19.5. The van der Waals surface area contributed by atoms with Crippen molar-refractivity contribution < 1.29 is 4.42 Å². The van der Waals surface area contributed by atoms with Gasteiger partial charge in [-0.05, 0) is 18.6 Å². The average Bonchev–Trinajstić information content (AvgIpc) is 3.35.